The molecule has 3 aromatic carbocycles. The van der Waals surface area contributed by atoms with Crippen molar-refractivity contribution in [3.63, 3.8) is 0 Å². The molecule has 1 amide bonds. The Kier molecular flexibility index (Phi) is 5.73. The van der Waals surface area contributed by atoms with Gasteiger partial charge in [0.25, 0.3) is 0 Å². The van der Waals surface area contributed by atoms with Crippen LogP contribution in [0, 0.1) is 6.04 Å². The average Bonchev–Trinajstić information content (AvgIpc) is 3.32. The molecular weight excluding hydrogens is 482 g/mol. The van der Waals surface area contributed by atoms with Gasteiger partial charge in [0, 0.05) is 39.7 Å². The summed E-state index contributed by atoms with van der Waals surface area (Å²) in [6.07, 6.45) is 11.2. The van der Waals surface area contributed by atoms with Crippen molar-refractivity contribution in [2.75, 3.05) is 5.01 Å². The number of hydrogen-bond donors (Lipinski definition) is 1. The van der Waals surface area contributed by atoms with Crippen molar-refractivity contribution < 1.29 is 4.79 Å². The van der Waals surface area contributed by atoms with E-state index in [1.54, 1.807) is 6.20 Å². The highest BCUT2D eigenvalue weighted by Crippen LogP contribution is 2.41. The van der Waals surface area contributed by atoms with Gasteiger partial charge in [0.1, 0.15) is 0 Å². The summed E-state index contributed by atoms with van der Waals surface area (Å²) in [5.41, 5.74) is 12.4. The largest absolute Gasteiger partial charge is 0.366 e. The normalized spacial score (nSPS) is 14.3. The predicted octanol–water partition coefficient (Wildman–Crippen LogP) is 7.27. The number of aromatic nitrogens is 3. The number of fused-ring (bicyclic) bond motifs is 4. The van der Waals surface area contributed by atoms with Crippen LogP contribution in [0.15, 0.2) is 97.5 Å². The molecule has 191 valence electrons. The summed E-state index contributed by atoms with van der Waals surface area (Å²) >= 11 is 0. The van der Waals surface area contributed by atoms with E-state index in [4.69, 9.17) is 10.7 Å². The Morgan fingerprint density at radius 3 is 2.54 bits per heavy atom. The molecule has 0 atom stereocenters. The van der Waals surface area contributed by atoms with Crippen molar-refractivity contribution in [3.05, 3.63) is 109 Å². The molecule has 6 aromatic rings. The van der Waals surface area contributed by atoms with Gasteiger partial charge in [-0.15, -0.1) is 0 Å². The Balaban J connectivity index is 1.55. The number of anilines is 1. The van der Waals surface area contributed by atoms with E-state index in [-0.39, 0.29) is 0 Å². The van der Waals surface area contributed by atoms with Crippen LogP contribution in [-0.4, -0.2) is 20.6 Å². The molecule has 2 N–H and O–H groups in total. The van der Waals surface area contributed by atoms with Gasteiger partial charge in [-0.25, -0.2) is 0 Å². The summed E-state index contributed by atoms with van der Waals surface area (Å²) < 4.78 is 2.26. The zero-order chi connectivity index (χ0) is 26.3. The maximum atomic E-state index is 12.3. The van der Waals surface area contributed by atoms with Gasteiger partial charge in [-0.2, -0.15) is 0 Å². The molecule has 1 radical (unpaired) electrons. The fourth-order valence-corrected chi connectivity index (χ4v) is 5.97. The quantitative estimate of drug-likeness (QED) is 0.265. The van der Waals surface area contributed by atoms with Crippen LogP contribution in [0.25, 0.3) is 43.8 Å². The maximum absolute atomic E-state index is 12.3. The van der Waals surface area contributed by atoms with Crippen molar-refractivity contribution in [1.82, 2.24) is 14.6 Å². The molecule has 6 nitrogen and oxygen atoms in total. The fraction of sp³-hybridized carbons (Fsp3) is 0.152. The zero-order valence-electron chi connectivity index (χ0n) is 21.5. The second kappa shape index (κ2) is 9.55. The monoisotopic (exact) mass is 510 g/mol. The first-order valence-corrected chi connectivity index (χ1v) is 13.5. The smallest absolute Gasteiger partial charge is 0.248 e. The number of pyridine rings is 2. The number of nitrogens with two attached hydrogens (primary N) is 1. The summed E-state index contributed by atoms with van der Waals surface area (Å²) in [6, 6.07) is 28.0. The zero-order valence-corrected chi connectivity index (χ0v) is 21.5. The summed E-state index contributed by atoms with van der Waals surface area (Å²) in [7, 11) is 0. The lowest BCUT2D eigenvalue weighted by molar-refractivity contribution is 0.100. The molecule has 0 spiro atoms. The van der Waals surface area contributed by atoms with Crippen LogP contribution >= 0.6 is 0 Å². The van der Waals surface area contributed by atoms with Gasteiger partial charge in [0.05, 0.1) is 34.5 Å². The molecular formula is C33H28N5O. The molecule has 0 saturated heterocycles. The first kappa shape index (κ1) is 23.4. The molecule has 0 aliphatic heterocycles. The van der Waals surface area contributed by atoms with E-state index in [0.717, 1.165) is 75.2 Å². The Morgan fingerprint density at radius 2 is 1.72 bits per heavy atom. The van der Waals surface area contributed by atoms with Gasteiger partial charge in [-0.3, -0.25) is 24.4 Å². The maximum Gasteiger partial charge on any atom is 0.248 e. The Bertz CT molecular complexity index is 1840. The lowest BCUT2D eigenvalue weighted by atomic mass is 9.95. The van der Waals surface area contributed by atoms with Gasteiger partial charge < -0.3 is 5.73 Å². The number of nitrogens with zero attached hydrogens (tertiary/aromatic N) is 4. The minimum atomic E-state index is -0.439. The standard InChI is InChI=1S/C33H28N5O/c34-33(39)23-15-16-28-31(19-23)38(37(25-9-2-1-3-10-25)26-11-7-17-35-21-26)30-14-6-12-27(32(28)30)24-18-22-8-4-5-13-29(22)36-20-24/h4-8,11-21H,1-3,9-10H2,(H2,34,39). The topological polar surface area (TPSA) is 77.0 Å². The number of primary amides is 1. The SMILES string of the molecule is NC(=O)c1ccc2c3c(-c4cnc5ccccc5c4)cccc3n(N([C]3CCCCC3)c3cccnc3)c2c1. The average molecular weight is 511 g/mol. The summed E-state index contributed by atoms with van der Waals surface area (Å²) in [5.74, 6) is -0.439. The van der Waals surface area contributed by atoms with Crippen molar-refractivity contribution in [3.8, 4) is 11.1 Å². The second-order valence-electron chi connectivity index (χ2n) is 10.2. The van der Waals surface area contributed by atoms with E-state index in [0.29, 0.717) is 5.56 Å². The molecule has 7 rings (SSSR count). The molecule has 3 heterocycles. The lowest BCUT2D eigenvalue weighted by Gasteiger charge is -2.36. The number of rotatable bonds is 5. The summed E-state index contributed by atoms with van der Waals surface area (Å²) in [4.78, 5) is 21.5. The number of amides is 1. The number of carbonyl (C=O) groups excluding carboxylic acids is 1. The Hall–Kier alpha value is -4.71. The molecule has 1 aliphatic rings. The van der Waals surface area contributed by atoms with Crippen LogP contribution in [0.1, 0.15) is 42.5 Å². The molecule has 6 heteroatoms. The third-order valence-corrected chi connectivity index (χ3v) is 7.77. The van der Waals surface area contributed by atoms with Crippen LogP contribution in [0.4, 0.5) is 5.69 Å². The predicted molar refractivity (Wildman–Crippen MR) is 157 cm³/mol. The van der Waals surface area contributed by atoms with E-state index in [1.165, 1.54) is 12.5 Å². The van der Waals surface area contributed by atoms with E-state index in [2.05, 4.69) is 51.1 Å². The van der Waals surface area contributed by atoms with Gasteiger partial charge in [-0.1, -0.05) is 55.7 Å². The molecule has 1 saturated carbocycles. The third-order valence-electron chi connectivity index (χ3n) is 7.77. The van der Waals surface area contributed by atoms with Crippen molar-refractivity contribution in [1.29, 1.82) is 0 Å². The van der Waals surface area contributed by atoms with Crippen molar-refractivity contribution >= 4 is 44.3 Å². The Labute approximate surface area is 226 Å². The van der Waals surface area contributed by atoms with E-state index in [9.17, 15) is 4.79 Å². The molecule has 0 bridgehead atoms. The van der Waals surface area contributed by atoms with Crippen LogP contribution in [0.5, 0.6) is 0 Å². The molecule has 3 aromatic heterocycles. The van der Waals surface area contributed by atoms with Gasteiger partial charge in [0.15, 0.2) is 0 Å². The number of hydrogen-bond acceptors (Lipinski definition) is 4. The summed E-state index contributed by atoms with van der Waals surface area (Å²) in [5, 5.41) is 5.58. The van der Waals surface area contributed by atoms with Crippen molar-refractivity contribution in [2.45, 2.75) is 32.1 Å². The molecule has 39 heavy (non-hydrogen) atoms. The van der Waals surface area contributed by atoms with E-state index >= 15 is 0 Å². The third kappa shape index (κ3) is 4.00. The number of para-hydroxylation sites is 1. The van der Waals surface area contributed by atoms with Gasteiger partial charge >= 0.3 is 0 Å². The van der Waals surface area contributed by atoms with Crippen LogP contribution in [-0.2, 0) is 0 Å². The second-order valence-corrected chi connectivity index (χ2v) is 10.2. The van der Waals surface area contributed by atoms with Crippen LogP contribution in [0.3, 0.4) is 0 Å². The minimum Gasteiger partial charge on any atom is -0.366 e. The van der Waals surface area contributed by atoms with Gasteiger partial charge in [-0.05, 0) is 60.9 Å². The molecule has 1 fully saturated rings. The lowest BCUT2D eigenvalue weighted by Crippen LogP contribution is -2.35. The molecule has 0 unspecified atom stereocenters. The first-order chi connectivity index (χ1) is 19.2. The summed E-state index contributed by atoms with van der Waals surface area (Å²) in [6.45, 7) is 0. The van der Waals surface area contributed by atoms with E-state index in [1.807, 2.05) is 54.9 Å². The first-order valence-electron chi connectivity index (χ1n) is 13.5. The van der Waals surface area contributed by atoms with E-state index < -0.39 is 5.91 Å². The number of carbonyl (C=O) groups is 1. The highest BCUT2D eigenvalue weighted by molar-refractivity contribution is 6.16. The highest BCUT2D eigenvalue weighted by atomic mass is 16.1. The highest BCUT2D eigenvalue weighted by Gasteiger charge is 2.28. The van der Waals surface area contributed by atoms with Crippen LogP contribution < -0.4 is 10.7 Å². The van der Waals surface area contributed by atoms with Crippen molar-refractivity contribution in [2.24, 2.45) is 5.73 Å². The van der Waals surface area contributed by atoms with Crippen LogP contribution in [0.2, 0.25) is 0 Å². The molecule has 1 aliphatic carbocycles. The fourth-order valence-electron chi connectivity index (χ4n) is 5.97. The Morgan fingerprint density at radius 1 is 0.846 bits per heavy atom. The number of benzene rings is 3. The minimum absolute atomic E-state index is 0.439. The van der Waals surface area contributed by atoms with Gasteiger partial charge in [0.2, 0.25) is 5.91 Å².